The largest absolute Gasteiger partial charge is 0.435 e. The third-order valence-electron chi connectivity index (χ3n) is 5.48. The average Bonchev–Trinajstić information content (AvgIpc) is 3.12. The zero-order chi connectivity index (χ0) is 18.1. The van der Waals surface area contributed by atoms with Crippen LogP contribution < -0.4 is 0 Å². The van der Waals surface area contributed by atoms with E-state index in [9.17, 15) is 0 Å². The lowest BCUT2D eigenvalue weighted by Crippen LogP contribution is -1.85. The van der Waals surface area contributed by atoms with E-state index in [1.54, 1.807) is 0 Å². The number of oxazole rings is 1. The molecule has 128 valence electrons. The summed E-state index contributed by atoms with van der Waals surface area (Å²) < 4.78 is 6.37. The third kappa shape index (κ3) is 1.98. The lowest BCUT2D eigenvalue weighted by molar-refractivity contribution is 0.623. The molecule has 27 heavy (non-hydrogen) atoms. The number of hydrogen-bond acceptors (Lipinski definition) is 2. The van der Waals surface area contributed by atoms with Gasteiger partial charge in [-0.25, -0.2) is 4.98 Å². The molecule has 0 amide bonds. The summed E-state index contributed by atoms with van der Waals surface area (Å²) in [6, 6.07) is 23.7. The molecule has 2 heteroatoms. The minimum absolute atomic E-state index is 0.689. The second kappa shape index (κ2) is 5.08. The molecule has 0 saturated heterocycles. The van der Waals surface area contributed by atoms with Gasteiger partial charge in [-0.15, -0.1) is 0 Å². The highest BCUT2D eigenvalue weighted by atomic mass is 16.3. The Morgan fingerprint density at radius 1 is 0.704 bits per heavy atom. The first-order valence-electron chi connectivity index (χ1n) is 9.24. The van der Waals surface area contributed by atoms with E-state index in [0.29, 0.717) is 5.89 Å². The van der Waals surface area contributed by atoms with Crippen molar-refractivity contribution in [2.24, 2.45) is 0 Å². The SMILES string of the molecule is Cc1cc(C)cc(-c2nc3c4cccc5ccc6cccc(c3o2)c6c54)c1. The highest BCUT2D eigenvalue weighted by Crippen LogP contribution is 2.41. The van der Waals surface area contributed by atoms with Crippen LogP contribution in [0, 0.1) is 13.8 Å². The van der Waals surface area contributed by atoms with E-state index in [2.05, 4.69) is 80.6 Å². The van der Waals surface area contributed by atoms with Crippen LogP contribution in [0.4, 0.5) is 0 Å². The van der Waals surface area contributed by atoms with Crippen molar-refractivity contribution in [3.63, 3.8) is 0 Å². The number of hydrogen-bond donors (Lipinski definition) is 0. The summed E-state index contributed by atoms with van der Waals surface area (Å²) in [6.45, 7) is 4.22. The predicted molar refractivity (Wildman–Crippen MR) is 113 cm³/mol. The van der Waals surface area contributed by atoms with Gasteiger partial charge in [0.15, 0.2) is 5.58 Å². The molecule has 0 radical (unpaired) electrons. The Morgan fingerprint density at radius 2 is 1.33 bits per heavy atom. The summed E-state index contributed by atoms with van der Waals surface area (Å²) >= 11 is 0. The van der Waals surface area contributed by atoms with Crippen molar-refractivity contribution >= 4 is 43.4 Å². The topological polar surface area (TPSA) is 26.0 Å². The zero-order valence-corrected chi connectivity index (χ0v) is 15.2. The van der Waals surface area contributed by atoms with Gasteiger partial charge in [-0.1, -0.05) is 65.7 Å². The second-order valence-corrected chi connectivity index (χ2v) is 7.45. The number of aromatic nitrogens is 1. The van der Waals surface area contributed by atoms with E-state index >= 15 is 0 Å². The van der Waals surface area contributed by atoms with Crippen molar-refractivity contribution in [2.75, 3.05) is 0 Å². The Labute approximate surface area is 156 Å². The van der Waals surface area contributed by atoms with Gasteiger partial charge in [-0.3, -0.25) is 0 Å². The van der Waals surface area contributed by atoms with Gasteiger partial charge < -0.3 is 4.42 Å². The maximum absolute atomic E-state index is 6.37. The van der Waals surface area contributed by atoms with Crippen LogP contribution in [-0.2, 0) is 0 Å². The van der Waals surface area contributed by atoms with Crippen LogP contribution in [-0.4, -0.2) is 4.98 Å². The summed E-state index contributed by atoms with van der Waals surface area (Å²) in [4.78, 5) is 4.95. The molecule has 0 N–H and O–H groups in total. The Morgan fingerprint density at radius 3 is 2.04 bits per heavy atom. The van der Waals surface area contributed by atoms with Crippen molar-refractivity contribution in [3.8, 4) is 11.5 Å². The number of rotatable bonds is 1. The Hall–Kier alpha value is -3.39. The number of nitrogens with zero attached hydrogens (tertiary/aromatic N) is 1. The quantitative estimate of drug-likeness (QED) is 0.299. The number of fused-ring (bicyclic) bond motifs is 3. The highest BCUT2D eigenvalue weighted by Gasteiger charge is 2.18. The molecule has 6 aromatic rings. The Balaban J connectivity index is 1.83. The summed E-state index contributed by atoms with van der Waals surface area (Å²) in [5.41, 5.74) is 5.29. The van der Waals surface area contributed by atoms with Crippen LogP contribution in [0.1, 0.15) is 11.1 Å². The van der Waals surface area contributed by atoms with Gasteiger partial charge in [0.05, 0.1) is 0 Å². The van der Waals surface area contributed by atoms with Crippen LogP contribution >= 0.6 is 0 Å². The molecule has 1 aromatic heterocycles. The Bertz CT molecular complexity index is 1380. The smallest absolute Gasteiger partial charge is 0.227 e. The van der Waals surface area contributed by atoms with Gasteiger partial charge in [0.1, 0.15) is 5.52 Å². The lowest BCUT2D eigenvalue weighted by atomic mass is 9.93. The molecule has 2 nitrogen and oxygen atoms in total. The van der Waals surface area contributed by atoms with Crippen LogP contribution in [0.3, 0.4) is 0 Å². The van der Waals surface area contributed by atoms with Gasteiger partial charge in [0.25, 0.3) is 0 Å². The minimum atomic E-state index is 0.689. The van der Waals surface area contributed by atoms with Crippen molar-refractivity contribution < 1.29 is 4.42 Å². The van der Waals surface area contributed by atoms with Crippen molar-refractivity contribution in [2.45, 2.75) is 13.8 Å². The molecule has 0 saturated carbocycles. The maximum atomic E-state index is 6.37. The molecule has 0 aliphatic rings. The molecule has 0 spiro atoms. The fourth-order valence-corrected chi connectivity index (χ4v) is 4.45. The van der Waals surface area contributed by atoms with E-state index in [1.165, 1.54) is 32.7 Å². The molecule has 5 aromatic carbocycles. The van der Waals surface area contributed by atoms with E-state index in [4.69, 9.17) is 9.40 Å². The van der Waals surface area contributed by atoms with Crippen LogP contribution in [0.2, 0.25) is 0 Å². The molecule has 0 aliphatic heterocycles. The van der Waals surface area contributed by atoms with Gasteiger partial charge >= 0.3 is 0 Å². The second-order valence-electron chi connectivity index (χ2n) is 7.45. The fourth-order valence-electron chi connectivity index (χ4n) is 4.45. The first-order valence-corrected chi connectivity index (χ1v) is 9.24. The number of benzene rings is 5. The van der Waals surface area contributed by atoms with Gasteiger partial charge in [-0.2, -0.15) is 0 Å². The number of aryl methyl sites for hydroxylation is 2. The highest BCUT2D eigenvalue weighted by molar-refractivity contribution is 6.32. The molecule has 0 bridgehead atoms. The lowest BCUT2D eigenvalue weighted by Gasteiger charge is -2.10. The summed E-state index contributed by atoms with van der Waals surface area (Å²) in [5, 5.41) is 7.32. The van der Waals surface area contributed by atoms with Gasteiger partial charge in [0.2, 0.25) is 5.89 Å². The predicted octanol–water partition coefficient (Wildman–Crippen LogP) is 7.01. The molecule has 0 fully saturated rings. The third-order valence-corrected chi connectivity index (χ3v) is 5.48. The van der Waals surface area contributed by atoms with E-state index in [-0.39, 0.29) is 0 Å². The molecular formula is C25H17NO. The van der Waals surface area contributed by atoms with Gasteiger partial charge in [-0.05, 0) is 42.1 Å². The zero-order valence-electron chi connectivity index (χ0n) is 15.2. The summed E-state index contributed by atoms with van der Waals surface area (Å²) in [5.74, 6) is 0.689. The summed E-state index contributed by atoms with van der Waals surface area (Å²) in [7, 11) is 0. The van der Waals surface area contributed by atoms with E-state index in [0.717, 1.165) is 27.4 Å². The Kier molecular flexibility index (Phi) is 2.77. The summed E-state index contributed by atoms with van der Waals surface area (Å²) in [6.07, 6.45) is 0. The minimum Gasteiger partial charge on any atom is -0.435 e. The van der Waals surface area contributed by atoms with Crippen LogP contribution in [0.15, 0.2) is 71.1 Å². The fraction of sp³-hybridized carbons (Fsp3) is 0.0800. The standard InChI is InChI=1S/C25H17NO/c1-14-11-15(2)13-18(12-14)25-26-23-19-7-3-5-16-9-10-17-6-4-8-20(24(23)27-25)22(17)21(16)19/h3-13H,1-2H3. The monoisotopic (exact) mass is 347 g/mol. The van der Waals surface area contributed by atoms with Gasteiger partial charge in [0, 0.05) is 21.7 Å². The van der Waals surface area contributed by atoms with Crippen molar-refractivity contribution in [1.82, 2.24) is 4.98 Å². The van der Waals surface area contributed by atoms with Crippen LogP contribution in [0.25, 0.3) is 54.9 Å². The van der Waals surface area contributed by atoms with E-state index in [1.807, 2.05) is 0 Å². The first kappa shape index (κ1) is 14.7. The van der Waals surface area contributed by atoms with E-state index < -0.39 is 0 Å². The molecule has 6 rings (SSSR count). The molecule has 0 unspecified atom stereocenters. The molecule has 0 aliphatic carbocycles. The normalized spacial score (nSPS) is 12.1. The van der Waals surface area contributed by atoms with Crippen LogP contribution in [0.5, 0.6) is 0 Å². The molecular weight excluding hydrogens is 330 g/mol. The molecule has 1 heterocycles. The first-order chi connectivity index (χ1) is 13.2. The van der Waals surface area contributed by atoms with Crippen molar-refractivity contribution in [3.05, 3.63) is 77.9 Å². The maximum Gasteiger partial charge on any atom is 0.227 e. The average molecular weight is 347 g/mol. The van der Waals surface area contributed by atoms with Crippen molar-refractivity contribution in [1.29, 1.82) is 0 Å². The molecule has 0 atom stereocenters.